The number of urea groups is 1. The summed E-state index contributed by atoms with van der Waals surface area (Å²) in [6, 6.07) is 18.6. The lowest BCUT2D eigenvalue weighted by Gasteiger charge is -2.23. The number of aliphatic hydroxyl groups is 2. The minimum absolute atomic E-state index is 0.0615. The lowest BCUT2D eigenvalue weighted by Crippen LogP contribution is -2.48. The predicted molar refractivity (Wildman–Crippen MR) is 191 cm³/mol. The van der Waals surface area contributed by atoms with Crippen molar-refractivity contribution in [1.29, 1.82) is 0 Å². The highest BCUT2D eigenvalue weighted by atomic mass is 16.3. The number of carbonyl (C=O) groups excluding carboxylic acids is 3. The van der Waals surface area contributed by atoms with E-state index in [-0.39, 0.29) is 61.3 Å². The standard InChI is InChI=1S/C36H46N10O5/c1-2-28(47)43-26-19-27(31(49)30(26)48)46-21-41-29-32(40-20-25(22-9-5-3-6-10-22)23-11-7-4-8-12-23)44-33(45-34(29)46)35(50)38-17-18-39-36(51)42-24-13-15-37-16-14-24/h3-12,21,24-27,30-31,37,48-49H,2,13-20H2,1H3,(H,38,50)(H,43,47)(H2,39,42,51)(H,40,44,45)/t26-,27?,30+,31-/m0/s1. The Morgan fingerprint density at radius 3 is 2.24 bits per heavy atom. The van der Waals surface area contributed by atoms with Gasteiger partial charge in [0.15, 0.2) is 11.5 Å². The van der Waals surface area contributed by atoms with Crippen LogP contribution in [0.15, 0.2) is 67.0 Å². The fourth-order valence-corrected chi connectivity index (χ4v) is 6.75. The number of nitrogens with one attached hydrogen (secondary N) is 6. The van der Waals surface area contributed by atoms with Crippen molar-refractivity contribution in [2.24, 2.45) is 0 Å². The van der Waals surface area contributed by atoms with Crippen LogP contribution in [0.4, 0.5) is 10.6 Å². The number of carbonyl (C=O) groups is 3. The third-order valence-electron chi connectivity index (χ3n) is 9.55. The average Bonchev–Trinajstić information content (AvgIpc) is 3.70. The molecule has 1 saturated heterocycles. The minimum Gasteiger partial charge on any atom is -0.388 e. The highest BCUT2D eigenvalue weighted by molar-refractivity contribution is 5.94. The van der Waals surface area contributed by atoms with E-state index in [0.717, 1.165) is 37.1 Å². The Kier molecular flexibility index (Phi) is 11.7. The summed E-state index contributed by atoms with van der Waals surface area (Å²) in [7, 11) is 0. The summed E-state index contributed by atoms with van der Waals surface area (Å²) in [6.07, 6.45) is 1.26. The van der Waals surface area contributed by atoms with E-state index in [4.69, 9.17) is 0 Å². The summed E-state index contributed by atoms with van der Waals surface area (Å²) >= 11 is 0. The van der Waals surface area contributed by atoms with Gasteiger partial charge >= 0.3 is 6.03 Å². The first-order chi connectivity index (χ1) is 24.8. The molecule has 2 aromatic heterocycles. The van der Waals surface area contributed by atoms with Gasteiger partial charge in [-0.25, -0.2) is 19.7 Å². The van der Waals surface area contributed by atoms with Crippen LogP contribution in [0.25, 0.3) is 11.2 Å². The van der Waals surface area contributed by atoms with Gasteiger partial charge in [0.25, 0.3) is 5.91 Å². The molecule has 4 amide bonds. The van der Waals surface area contributed by atoms with Gasteiger partial charge in [0.1, 0.15) is 17.7 Å². The maximum Gasteiger partial charge on any atom is 0.315 e. The van der Waals surface area contributed by atoms with Gasteiger partial charge in [-0.3, -0.25) is 9.59 Å². The molecular formula is C36H46N10O5. The number of amides is 4. The van der Waals surface area contributed by atoms with E-state index >= 15 is 0 Å². The van der Waals surface area contributed by atoms with Gasteiger partial charge in [0, 0.05) is 38.0 Å². The van der Waals surface area contributed by atoms with E-state index in [2.05, 4.69) is 71.1 Å². The molecule has 2 fully saturated rings. The van der Waals surface area contributed by atoms with Gasteiger partial charge < -0.3 is 46.7 Å². The maximum absolute atomic E-state index is 13.5. The molecule has 8 N–H and O–H groups in total. The smallest absolute Gasteiger partial charge is 0.315 e. The van der Waals surface area contributed by atoms with Crippen LogP contribution >= 0.6 is 0 Å². The Labute approximate surface area is 296 Å². The summed E-state index contributed by atoms with van der Waals surface area (Å²) in [5.41, 5.74) is 2.84. The predicted octanol–water partition coefficient (Wildman–Crippen LogP) is 1.41. The molecule has 1 unspecified atom stereocenters. The van der Waals surface area contributed by atoms with Crippen LogP contribution in [-0.2, 0) is 4.79 Å². The summed E-state index contributed by atoms with van der Waals surface area (Å²) in [6.45, 7) is 4.18. The van der Waals surface area contributed by atoms with Crippen LogP contribution in [-0.4, -0.2) is 105 Å². The largest absolute Gasteiger partial charge is 0.388 e. The number of rotatable bonds is 13. The molecule has 0 radical (unpaired) electrons. The summed E-state index contributed by atoms with van der Waals surface area (Å²) in [5, 5.41) is 39.9. The second-order valence-electron chi connectivity index (χ2n) is 13.0. The number of anilines is 1. The number of aliphatic hydroxyl groups excluding tert-OH is 2. The third-order valence-corrected chi connectivity index (χ3v) is 9.55. The van der Waals surface area contributed by atoms with Crippen molar-refractivity contribution in [1.82, 2.24) is 46.1 Å². The molecule has 4 aromatic rings. The lowest BCUT2D eigenvalue weighted by molar-refractivity contribution is -0.122. The molecule has 51 heavy (non-hydrogen) atoms. The summed E-state index contributed by atoms with van der Waals surface area (Å²) in [4.78, 5) is 51.8. The molecule has 1 aliphatic heterocycles. The molecule has 0 spiro atoms. The van der Waals surface area contributed by atoms with Gasteiger partial charge in [-0.15, -0.1) is 0 Å². The Balaban J connectivity index is 1.24. The third kappa shape index (κ3) is 8.61. The number of fused-ring (bicyclic) bond motifs is 1. The zero-order valence-electron chi connectivity index (χ0n) is 28.6. The van der Waals surface area contributed by atoms with Gasteiger partial charge in [-0.1, -0.05) is 67.6 Å². The molecule has 0 bridgehead atoms. The molecule has 6 rings (SSSR count). The van der Waals surface area contributed by atoms with Crippen LogP contribution in [0.3, 0.4) is 0 Å². The topological polar surface area (TPSA) is 207 Å². The SMILES string of the molecule is CCC(=O)N[C@H]1CC(n2cnc3c(NCC(c4ccccc4)c4ccccc4)nc(C(=O)NCCNC(=O)NC4CCNCC4)nc32)[C@H](O)[C@@H]1O. The summed E-state index contributed by atoms with van der Waals surface area (Å²) in [5.74, 6) is -0.667. The molecule has 2 aromatic carbocycles. The van der Waals surface area contributed by atoms with E-state index in [0.29, 0.717) is 17.9 Å². The first-order valence-corrected chi connectivity index (χ1v) is 17.6. The highest BCUT2D eigenvalue weighted by Crippen LogP contribution is 2.34. The van der Waals surface area contributed by atoms with Gasteiger partial charge in [0.2, 0.25) is 11.7 Å². The number of imidazole rings is 1. The fraction of sp³-hybridized carbons (Fsp3) is 0.444. The van der Waals surface area contributed by atoms with Crippen molar-refractivity contribution in [2.45, 2.75) is 68.9 Å². The monoisotopic (exact) mass is 698 g/mol. The van der Waals surface area contributed by atoms with Crippen molar-refractivity contribution < 1.29 is 24.6 Å². The van der Waals surface area contributed by atoms with Gasteiger partial charge in [-0.05, 0) is 43.5 Å². The van der Waals surface area contributed by atoms with E-state index in [1.807, 2.05) is 36.4 Å². The van der Waals surface area contributed by atoms with E-state index in [1.165, 1.54) is 6.33 Å². The summed E-state index contributed by atoms with van der Waals surface area (Å²) < 4.78 is 1.63. The lowest BCUT2D eigenvalue weighted by atomic mass is 9.91. The van der Waals surface area contributed by atoms with Gasteiger partial charge in [-0.2, -0.15) is 0 Å². The van der Waals surface area contributed by atoms with E-state index in [1.54, 1.807) is 11.5 Å². The number of benzene rings is 2. The molecule has 1 saturated carbocycles. The van der Waals surface area contributed by atoms with Crippen LogP contribution in [0.2, 0.25) is 0 Å². The van der Waals surface area contributed by atoms with Crippen molar-refractivity contribution in [3.8, 4) is 0 Å². The first kappa shape index (κ1) is 35.7. The van der Waals surface area contributed by atoms with Crippen LogP contribution in [0, 0.1) is 0 Å². The van der Waals surface area contributed by atoms with E-state index < -0.39 is 30.2 Å². The van der Waals surface area contributed by atoms with Crippen molar-refractivity contribution in [3.05, 3.63) is 83.9 Å². The quantitative estimate of drug-likeness (QED) is 0.0943. The zero-order chi connectivity index (χ0) is 35.7. The molecule has 1 aliphatic carbocycles. The Hall–Kier alpha value is -5.12. The Morgan fingerprint density at radius 1 is 0.902 bits per heavy atom. The van der Waals surface area contributed by atoms with Crippen LogP contribution in [0.5, 0.6) is 0 Å². The number of piperidine rings is 1. The molecule has 3 heterocycles. The zero-order valence-corrected chi connectivity index (χ0v) is 28.6. The van der Waals surface area contributed by atoms with E-state index in [9.17, 15) is 24.6 Å². The van der Waals surface area contributed by atoms with Crippen LogP contribution < -0.4 is 31.9 Å². The molecule has 15 nitrogen and oxygen atoms in total. The first-order valence-electron chi connectivity index (χ1n) is 17.6. The van der Waals surface area contributed by atoms with Gasteiger partial charge in [0.05, 0.1) is 18.4 Å². The Morgan fingerprint density at radius 2 is 1.57 bits per heavy atom. The number of aromatic nitrogens is 4. The fourth-order valence-electron chi connectivity index (χ4n) is 6.75. The molecule has 4 atom stereocenters. The van der Waals surface area contributed by atoms with Crippen molar-refractivity contribution >= 4 is 34.8 Å². The Bertz CT molecular complexity index is 1740. The van der Waals surface area contributed by atoms with Crippen LogP contribution in [0.1, 0.15) is 66.3 Å². The number of hydrogen-bond donors (Lipinski definition) is 8. The molecular weight excluding hydrogens is 652 g/mol. The minimum atomic E-state index is -1.23. The average molecular weight is 699 g/mol. The van der Waals surface area contributed by atoms with Crippen molar-refractivity contribution in [3.63, 3.8) is 0 Å². The number of nitrogens with zero attached hydrogens (tertiary/aromatic N) is 4. The molecule has 15 heteroatoms. The normalized spacial score (nSPS) is 20.6. The highest BCUT2D eigenvalue weighted by Gasteiger charge is 2.44. The second-order valence-corrected chi connectivity index (χ2v) is 13.0. The molecule has 270 valence electrons. The number of hydrogen-bond acceptors (Lipinski definition) is 10. The molecule has 2 aliphatic rings. The maximum atomic E-state index is 13.5. The van der Waals surface area contributed by atoms with Crippen molar-refractivity contribution in [2.75, 3.05) is 38.0 Å². The second kappa shape index (κ2) is 16.7.